The molecule has 7 heteroatoms. The van der Waals surface area contributed by atoms with Crippen LogP contribution in [0.5, 0.6) is 0 Å². The molecule has 0 heterocycles. The highest BCUT2D eigenvalue weighted by atomic mass is 16.6. The molecule has 0 aliphatic carbocycles. The third kappa shape index (κ3) is 4.18. The fourth-order valence-electron chi connectivity index (χ4n) is 2.00. The van der Waals surface area contributed by atoms with Crippen LogP contribution < -0.4 is 0 Å². The first-order valence-electron chi connectivity index (χ1n) is 6.68. The summed E-state index contributed by atoms with van der Waals surface area (Å²) in [6.45, 7) is 4.66. The van der Waals surface area contributed by atoms with Gasteiger partial charge in [-0.05, 0) is 13.8 Å². The predicted octanol–water partition coefficient (Wildman–Crippen LogP) is 2.38. The van der Waals surface area contributed by atoms with Crippen LogP contribution in [0.1, 0.15) is 19.4 Å². The van der Waals surface area contributed by atoms with Gasteiger partial charge in [0.1, 0.15) is 6.54 Å². The van der Waals surface area contributed by atoms with Crippen LogP contribution in [0.25, 0.3) is 0 Å². The molecule has 0 unspecified atom stereocenters. The van der Waals surface area contributed by atoms with Gasteiger partial charge in [-0.1, -0.05) is 18.2 Å². The summed E-state index contributed by atoms with van der Waals surface area (Å²) in [5, 5.41) is 19.9. The fourth-order valence-corrected chi connectivity index (χ4v) is 2.00. The molecule has 2 amide bonds. The van der Waals surface area contributed by atoms with E-state index >= 15 is 0 Å². The second-order valence-corrected chi connectivity index (χ2v) is 4.35. The summed E-state index contributed by atoms with van der Waals surface area (Å²) >= 11 is 0. The van der Waals surface area contributed by atoms with Gasteiger partial charge in [-0.25, -0.2) is 4.79 Å². The van der Waals surface area contributed by atoms with Crippen molar-refractivity contribution in [3.05, 3.63) is 39.9 Å². The lowest BCUT2D eigenvalue weighted by Gasteiger charge is -2.27. The van der Waals surface area contributed by atoms with Crippen LogP contribution in [-0.4, -0.2) is 40.4 Å². The molecular weight excluding hydrogens is 272 g/mol. The van der Waals surface area contributed by atoms with Gasteiger partial charge in [-0.2, -0.15) is 5.26 Å². The van der Waals surface area contributed by atoms with Crippen molar-refractivity contribution < 1.29 is 9.72 Å². The summed E-state index contributed by atoms with van der Waals surface area (Å²) in [4.78, 5) is 25.7. The van der Waals surface area contributed by atoms with Crippen LogP contribution in [0.3, 0.4) is 0 Å². The average molecular weight is 290 g/mol. The van der Waals surface area contributed by atoms with Crippen molar-refractivity contribution in [2.75, 3.05) is 19.6 Å². The Hall–Kier alpha value is -2.62. The van der Waals surface area contributed by atoms with E-state index in [1.807, 2.05) is 19.9 Å². The number of carbonyl (C=O) groups is 1. The number of benzene rings is 1. The first kappa shape index (κ1) is 16.4. The Morgan fingerprint density at radius 2 is 1.90 bits per heavy atom. The molecule has 0 aromatic heterocycles. The number of rotatable bonds is 6. The first-order chi connectivity index (χ1) is 10.0. The van der Waals surface area contributed by atoms with Crippen LogP contribution in [0.2, 0.25) is 0 Å². The molecular formula is C14H18N4O3. The highest BCUT2D eigenvalue weighted by molar-refractivity contribution is 5.74. The van der Waals surface area contributed by atoms with Gasteiger partial charge in [0.15, 0.2) is 0 Å². The lowest BCUT2D eigenvalue weighted by atomic mass is 10.1. The number of hydrogen-bond acceptors (Lipinski definition) is 4. The maximum atomic E-state index is 12.3. The Morgan fingerprint density at radius 3 is 2.43 bits per heavy atom. The van der Waals surface area contributed by atoms with E-state index in [-0.39, 0.29) is 24.8 Å². The van der Waals surface area contributed by atoms with Crippen molar-refractivity contribution in [1.82, 2.24) is 9.80 Å². The summed E-state index contributed by atoms with van der Waals surface area (Å²) in [5.74, 6) is 0. The zero-order chi connectivity index (χ0) is 15.8. The highest BCUT2D eigenvalue weighted by Gasteiger charge is 2.22. The van der Waals surface area contributed by atoms with E-state index < -0.39 is 4.92 Å². The largest absolute Gasteiger partial charge is 0.325 e. The summed E-state index contributed by atoms with van der Waals surface area (Å²) < 4.78 is 0. The lowest BCUT2D eigenvalue weighted by molar-refractivity contribution is -0.385. The maximum absolute atomic E-state index is 12.3. The quantitative estimate of drug-likeness (QED) is 0.457. The van der Waals surface area contributed by atoms with Gasteiger partial charge in [-0.3, -0.25) is 10.1 Å². The molecule has 0 bridgehead atoms. The van der Waals surface area contributed by atoms with E-state index in [2.05, 4.69) is 0 Å². The topological polar surface area (TPSA) is 90.5 Å². The van der Waals surface area contributed by atoms with Crippen molar-refractivity contribution >= 4 is 11.7 Å². The number of hydrogen-bond donors (Lipinski definition) is 0. The molecule has 0 saturated carbocycles. The SMILES string of the molecule is CCN(CC)C(=O)N(CC#N)Cc1ccccc1[N+](=O)[O-]. The normalized spacial score (nSPS) is 9.76. The minimum absolute atomic E-state index is 0.0417. The van der Waals surface area contributed by atoms with Gasteiger partial charge in [0.2, 0.25) is 0 Å². The number of nitro groups is 1. The first-order valence-corrected chi connectivity index (χ1v) is 6.68. The molecule has 0 aliphatic heterocycles. The van der Waals surface area contributed by atoms with Gasteiger partial charge in [0.05, 0.1) is 17.5 Å². The zero-order valence-corrected chi connectivity index (χ0v) is 12.2. The lowest BCUT2D eigenvalue weighted by Crippen LogP contribution is -2.42. The van der Waals surface area contributed by atoms with Gasteiger partial charge in [0, 0.05) is 24.7 Å². The Bertz CT molecular complexity index is 549. The number of nitriles is 1. The Labute approximate surface area is 123 Å². The van der Waals surface area contributed by atoms with Crippen molar-refractivity contribution in [3.8, 4) is 6.07 Å². The molecule has 0 radical (unpaired) electrons. The molecule has 0 aliphatic rings. The summed E-state index contributed by atoms with van der Waals surface area (Å²) in [7, 11) is 0. The van der Waals surface area contributed by atoms with Gasteiger partial charge in [-0.15, -0.1) is 0 Å². The minimum atomic E-state index is -0.484. The average Bonchev–Trinajstić information content (AvgIpc) is 2.48. The van der Waals surface area contributed by atoms with E-state index in [0.717, 1.165) is 0 Å². The van der Waals surface area contributed by atoms with Crippen LogP contribution in [0.4, 0.5) is 10.5 Å². The van der Waals surface area contributed by atoms with Gasteiger partial charge >= 0.3 is 6.03 Å². The van der Waals surface area contributed by atoms with E-state index in [1.165, 1.54) is 11.0 Å². The van der Waals surface area contributed by atoms with E-state index in [1.54, 1.807) is 23.1 Å². The third-order valence-electron chi connectivity index (χ3n) is 3.12. The zero-order valence-electron chi connectivity index (χ0n) is 12.2. The third-order valence-corrected chi connectivity index (χ3v) is 3.12. The molecule has 0 saturated heterocycles. The number of urea groups is 1. The summed E-state index contributed by atoms with van der Waals surface area (Å²) in [6, 6.07) is 7.87. The Kier molecular flexibility index (Phi) is 6.14. The van der Waals surface area contributed by atoms with Crippen LogP contribution >= 0.6 is 0 Å². The molecule has 0 N–H and O–H groups in total. The smallest absolute Gasteiger partial charge is 0.321 e. The van der Waals surface area contributed by atoms with E-state index in [4.69, 9.17) is 5.26 Å². The second-order valence-electron chi connectivity index (χ2n) is 4.35. The van der Waals surface area contributed by atoms with Crippen molar-refractivity contribution in [3.63, 3.8) is 0 Å². The predicted molar refractivity (Wildman–Crippen MR) is 77.4 cm³/mol. The van der Waals surface area contributed by atoms with Crippen LogP contribution in [0, 0.1) is 21.4 Å². The van der Waals surface area contributed by atoms with Gasteiger partial charge < -0.3 is 9.80 Å². The number of amides is 2. The fraction of sp³-hybridized carbons (Fsp3) is 0.429. The van der Waals surface area contributed by atoms with Gasteiger partial charge in [0.25, 0.3) is 5.69 Å². The molecule has 1 rings (SSSR count). The standard InChI is InChI=1S/C14H18N4O3/c1-3-16(4-2)14(19)17(10-9-15)11-12-7-5-6-8-13(12)18(20)21/h5-8H,3-4,10-11H2,1-2H3. The number of para-hydroxylation sites is 1. The number of nitro benzene ring substituents is 1. The summed E-state index contributed by atoms with van der Waals surface area (Å²) in [6.07, 6.45) is 0. The molecule has 21 heavy (non-hydrogen) atoms. The molecule has 1 aromatic carbocycles. The molecule has 7 nitrogen and oxygen atoms in total. The van der Waals surface area contributed by atoms with Crippen molar-refractivity contribution in [1.29, 1.82) is 5.26 Å². The van der Waals surface area contributed by atoms with Crippen molar-refractivity contribution in [2.24, 2.45) is 0 Å². The van der Waals surface area contributed by atoms with Crippen molar-refractivity contribution in [2.45, 2.75) is 20.4 Å². The Balaban J connectivity index is 3.02. The summed E-state index contributed by atoms with van der Waals surface area (Å²) in [5.41, 5.74) is 0.367. The Morgan fingerprint density at radius 1 is 1.29 bits per heavy atom. The second kappa shape index (κ2) is 7.85. The number of carbonyl (C=O) groups excluding carboxylic acids is 1. The van der Waals surface area contributed by atoms with E-state index in [0.29, 0.717) is 18.7 Å². The van der Waals surface area contributed by atoms with E-state index in [9.17, 15) is 14.9 Å². The molecule has 0 atom stereocenters. The monoisotopic (exact) mass is 290 g/mol. The highest BCUT2D eigenvalue weighted by Crippen LogP contribution is 2.20. The molecule has 112 valence electrons. The van der Waals surface area contributed by atoms with Crippen LogP contribution in [-0.2, 0) is 6.54 Å². The number of nitrogens with zero attached hydrogens (tertiary/aromatic N) is 4. The molecule has 1 aromatic rings. The maximum Gasteiger partial charge on any atom is 0.321 e. The molecule has 0 fully saturated rings. The minimum Gasteiger partial charge on any atom is -0.325 e. The van der Waals surface area contributed by atoms with Crippen LogP contribution in [0.15, 0.2) is 24.3 Å². The molecule has 0 spiro atoms.